The first-order valence-electron chi connectivity index (χ1n) is 6.46. The van der Waals surface area contributed by atoms with Crippen molar-refractivity contribution in [1.29, 1.82) is 5.26 Å². The molecule has 0 spiro atoms. The second-order valence-electron chi connectivity index (χ2n) is 4.36. The highest BCUT2D eigenvalue weighted by Crippen LogP contribution is 2.18. The lowest BCUT2D eigenvalue weighted by molar-refractivity contribution is 0.962. The van der Waals surface area contributed by atoms with Gasteiger partial charge in [0.25, 0.3) is 0 Å². The third-order valence-corrected chi connectivity index (χ3v) is 2.86. The van der Waals surface area contributed by atoms with Crippen LogP contribution in [0.15, 0.2) is 48.7 Å². The maximum absolute atomic E-state index is 8.76. The van der Waals surface area contributed by atoms with Gasteiger partial charge in [-0.3, -0.25) is 4.98 Å². The number of aromatic nitrogens is 1. The Balaban J connectivity index is 2.15. The van der Waals surface area contributed by atoms with Crippen LogP contribution in [-0.4, -0.2) is 4.98 Å². The number of benzene rings is 1. The Morgan fingerprint density at radius 1 is 1.16 bits per heavy atom. The van der Waals surface area contributed by atoms with E-state index in [-0.39, 0.29) is 0 Å². The van der Waals surface area contributed by atoms with E-state index in [0.29, 0.717) is 5.56 Å². The van der Waals surface area contributed by atoms with Gasteiger partial charge in [0, 0.05) is 11.8 Å². The van der Waals surface area contributed by atoms with Gasteiger partial charge in [0.15, 0.2) is 0 Å². The van der Waals surface area contributed by atoms with Gasteiger partial charge in [-0.25, -0.2) is 0 Å². The molecule has 2 rings (SSSR count). The van der Waals surface area contributed by atoms with Crippen molar-refractivity contribution in [3.63, 3.8) is 0 Å². The lowest BCUT2D eigenvalue weighted by Crippen LogP contribution is -1.84. The molecule has 0 fully saturated rings. The van der Waals surface area contributed by atoms with Crippen LogP contribution in [0.4, 0.5) is 0 Å². The average Bonchev–Trinajstić information content (AvgIpc) is 2.48. The number of hydrogen-bond acceptors (Lipinski definition) is 2. The van der Waals surface area contributed by atoms with E-state index in [9.17, 15) is 0 Å². The van der Waals surface area contributed by atoms with E-state index < -0.39 is 0 Å². The van der Waals surface area contributed by atoms with Gasteiger partial charge in [-0.2, -0.15) is 5.26 Å². The monoisotopic (exact) mass is 248 g/mol. The van der Waals surface area contributed by atoms with Crippen molar-refractivity contribution in [2.75, 3.05) is 0 Å². The van der Waals surface area contributed by atoms with E-state index in [4.69, 9.17) is 5.26 Å². The topological polar surface area (TPSA) is 36.7 Å². The molecule has 19 heavy (non-hydrogen) atoms. The molecule has 1 aromatic heterocycles. The molecule has 2 nitrogen and oxygen atoms in total. The number of nitrogens with zero attached hydrogens (tertiary/aromatic N) is 2. The van der Waals surface area contributed by atoms with Crippen LogP contribution in [0, 0.1) is 11.3 Å². The molecular formula is C17H16N2. The zero-order chi connectivity index (χ0) is 13.5. The minimum atomic E-state index is 0.669. The maximum atomic E-state index is 8.76. The first kappa shape index (κ1) is 13.0. The fourth-order valence-electron chi connectivity index (χ4n) is 1.78. The highest BCUT2D eigenvalue weighted by molar-refractivity contribution is 5.61. The molecule has 2 aromatic rings. The number of unbranched alkanes of at least 4 members (excludes halogenated alkanes) is 1. The van der Waals surface area contributed by atoms with Crippen LogP contribution in [-0.2, 0) is 0 Å². The highest BCUT2D eigenvalue weighted by atomic mass is 14.7. The highest BCUT2D eigenvalue weighted by Gasteiger charge is 1.99. The Bertz CT molecular complexity index is 587. The van der Waals surface area contributed by atoms with Gasteiger partial charge in [-0.1, -0.05) is 43.7 Å². The van der Waals surface area contributed by atoms with E-state index in [1.54, 1.807) is 0 Å². The van der Waals surface area contributed by atoms with E-state index in [1.165, 1.54) is 0 Å². The number of hydrogen-bond donors (Lipinski definition) is 0. The van der Waals surface area contributed by atoms with Crippen molar-refractivity contribution in [3.05, 3.63) is 59.8 Å². The van der Waals surface area contributed by atoms with Crippen molar-refractivity contribution in [2.45, 2.75) is 19.8 Å². The molecule has 0 aliphatic heterocycles. The molecule has 2 heteroatoms. The first-order valence-corrected chi connectivity index (χ1v) is 6.46. The lowest BCUT2D eigenvalue weighted by Gasteiger charge is -2.01. The summed E-state index contributed by atoms with van der Waals surface area (Å²) in [4.78, 5) is 4.45. The summed E-state index contributed by atoms with van der Waals surface area (Å²) in [7, 11) is 0. The summed E-state index contributed by atoms with van der Waals surface area (Å²) >= 11 is 0. The summed E-state index contributed by atoms with van der Waals surface area (Å²) in [6, 6.07) is 13.7. The van der Waals surface area contributed by atoms with Crippen LogP contribution in [0.5, 0.6) is 0 Å². The summed E-state index contributed by atoms with van der Waals surface area (Å²) in [5.74, 6) is 0. The van der Waals surface area contributed by atoms with Gasteiger partial charge in [-0.05, 0) is 30.2 Å². The van der Waals surface area contributed by atoms with E-state index in [2.05, 4.69) is 36.2 Å². The first-order chi connectivity index (χ1) is 9.33. The van der Waals surface area contributed by atoms with Gasteiger partial charge < -0.3 is 0 Å². The van der Waals surface area contributed by atoms with E-state index in [0.717, 1.165) is 29.7 Å². The SMILES string of the molecule is CCC/C=C/c1ccc(-c2ccc(C#N)cc2)nc1. The van der Waals surface area contributed by atoms with Gasteiger partial charge >= 0.3 is 0 Å². The summed E-state index contributed by atoms with van der Waals surface area (Å²) < 4.78 is 0. The molecule has 0 radical (unpaired) electrons. The van der Waals surface area contributed by atoms with Gasteiger partial charge in [-0.15, -0.1) is 0 Å². The number of pyridine rings is 1. The predicted octanol–water partition coefficient (Wildman–Crippen LogP) is 4.43. The van der Waals surface area contributed by atoms with Crippen LogP contribution in [0.3, 0.4) is 0 Å². The number of allylic oxidation sites excluding steroid dienone is 1. The van der Waals surface area contributed by atoms with Crippen LogP contribution in [0.2, 0.25) is 0 Å². The van der Waals surface area contributed by atoms with Gasteiger partial charge in [0.05, 0.1) is 17.3 Å². The van der Waals surface area contributed by atoms with Crippen molar-refractivity contribution in [2.24, 2.45) is 0 Å². The largest absolute Gasteiger partial charge is 0.256 e. The maximum Gasteiger partial charge on any atom is 0.0991 e. The Morgan fingerprint density at radius 3 is 2.53 bits per heavy atom. The van der Waals surface area contributed by atoms with Crippen LogP contribution in [0.1, 0.15) is 30.9 Å². The summed E-state index contributed by atoms with van der Waals surface area (Å²) in [6.45, 7) is 2.16. The van der Waals surface area contributed by atoms with Crippen molar-refractivity contribution < 1.29 is 0 Å². The molecule has 0 saturated carbocycles. The molecule has 94 valence electrons. The molecule has 0 unspecified atom stereocenters. The predicted molar refractivity (Wildman–Crippen MR) is 78.3 cm³/mol. The van der Waals surface area contributed by atoms with Gasteiger partial charge in [0.2, 0.25) is 0 Å². The van der Waals surface area contributed by atoms with E-state index in [1.807, 2.05) is 36.5 Å². The molecular weight excluding hydrogens is 232 g/mol. The Labute approximate surface area is 114 Å². The quantitative estimate of drug-likeness (QED) is 0.802. The molecule has 0 saturated heterocycles. The number of rotatable bonds is 4. The second kappa shape index (κ2) is 6.51. The van der Waals surface area contributed by atoms with E-state index >= 15 is 0 Å². The summed E-state index contributed by atoms with van der Waals surface area (Å²) in [6.07, 6.45) is 8.39. The zero-order valence-corrected chi connectivity index (χ0v) is 11.0. The summed E-state index contributed by atoms with van der Waals surface area (Å²) in [5.41, 5.74) is 3.74. The molecule has 0 N–H and O–H groups in total. The molecule has 0 aliphatic carbocycles. The van der Waals surface area contributed by atoms with Crippen molar-refractivity contribution in [3.8, 4) is 17.3 Å². The van der Waals surface area contributed by atoms with Crippen LogP contribution < -0.4 is 0 Å². The molecule has 1 aromatic carbocycles. The fraction of sp³-hybridized carbons (Fsp3) is 0.176. The molecule has 0 aliphatic rings. The molecule has 1 heterocycles. The Kier molecular flexibility index (Phi) is 4.47. The smallest absolute Gasteiger partial charge is 0.0991 e. The second-order valence-corrected chi connectivity index (χ2v) is 4.36. The number of nitriles is 1. The Morgan fingerprint density at radius 2 is 1.95 bits per heavy atom. The van der Waals surface area contributed by atoms with Crippen LogP contribution >= 0.6 is 0 Å². The molecule has 0 bridgehead atoms. The van der Waals surface area contributed by atoms with Crippen molar-refractivity contribution >= 4 is 6.08 Å². The molecule has 0 atom stereocenters. The Hall–Kier alpha value is -2.40. The third kappa shape index (κ3) is 3.53. The minimum absolute atomic E-state index is 0.669. The lowest BCUT2D eigenvalue weighted by atomic mass is 10.1. The molecule has 0 amide bonds. The standard InChI is InChI=1S/C17H16N2/c1-2-3-4-5-15-8-11-17(19-13-15)16-9-6-14(12-18)7-10-16/h4-11,13H,2-3H2,1H3/b5-4+. The zero-order valence-electron chi connectivity index (χ0n) is 11.0. The summed E-state index contributed by atoms with van der Waals surface area (Å²) in [5, 5.41) is 8.76. The third-order valence-electron chi connectivity index (χ3n) is 2.86. The fourth-order valence-corrected chi connectivity index (χ4v) is 1.78. The normalized spacial score (nSPS) is 10.5. The van der Waals surface area contributed by atoms with Gasteiger partial charge in [0.1, 0.15) is 0 Å². The van der Waals surface area contributed by atoms with Crippen LogP contribution in [0.25, 0.3) is 17.3 Å². The average molecular weight is 248 g/mol. The minimum Gasteiger partial charge on any atom is -0.256 e. The van der Waals surface area contributed by atoms with Crippen molar-refractivity contribution in [1.82, 2.24) is 4.98 Å².